The lowest BCUT2D eigenvalue weighted by molar-refractivity contribution is 0.576. The van der Waals surface area contributed by atoms with Crippen LogP contribution in [0.2, 0.25) is 5.02 Å². The summed E-state index contributed by atoms with van der Waals surface area (Å²) in [6.45, 7) is 0. The molecule has 0 fully saturated rings. The standard InChI is InChI=1S/C17H16ClF2N/c18-14-9-15(19)13(8-16(14)20)17(21)12-6-5-10-3-1-2-4-11(10)7-12/h5-9,17H,1-4,21H2. The first-order valence-corrected chi connectivity index (χ1v) is 7.46. The van der Waals surface area contributed by atoms with Gasteiger partial charge in [0, 0.05) is 5.56 Å². The number of halogens is 3. The molecule has 0 aliphatic heterocycles. The molecule has 1 aliphatic rings. The molecule has 0 amide bonds. The van der Waals surface area contributed by atoms with E-state index in [0.717, 1.165) is 37.0 Å². The molecule has 4 heteroatoms. The summed E-state index contributed by atoms with van der Waals surface area (Å²) in [4.78, 5) is 0. The molecule has 0 aromatic heterocycles. The highest BCUT2D eigenvalue weighted by Crippen LogP contribution is 2.29. The Bertz CT molecular complexity index is 685. The highest BCUT2D eigenvalue weighted by Gasteiger charge is 2.18. The van der Waals surface area contributed by atoms with Crippen molar-refractivity contribution >= 4 is 11.6 Å². The number of rotatable bonds is 2. The van der Waals surface area contributed by atoms with Gasteiger partial charge in [-0.25, -0.2) is 8.78 Å². The Morgan fingerprint density at radius 1 is 0.952 bits per heavy atom. The van der Waals surface area contributed by atoms with Gasteiger partial charge < -0.3 is 5.73 Å². The molecule has 0 bridgehead atoms. The van der Waals surface area contributed by atoms with Crippen LogP contribution in [0, 0.1) is 11.6 Å². The van der Waals surface area contributed by atoms with E-state index in [0.29, 0.717) is 0 Å². The van der Waals surface area contributed by atoms with Crippen molar-refractivity contribution in [2.45, 2.75) is 31.7 Å². The second-order valence-corrected chi connectivity index (χ2v) is 5.91. The summed E-state index contributed by atoms with van der Waals surface area (Å²) >= 11 is 5.58. The van der Waals surface area contributed by atoms with Gasteiger partial charge in [-0.15, -0.1) is 0 Å². The molecule has 3 rings (SSSR count). The van der Waals surface area contributed by atoms with Crippen molar-refractivity contribution in [1.29, 1.82) is 0 Å². The Hall–Kier alpha value is -1.45. The molecule has 1 aliphatic carbocycles. The summed E-state index contributed by atoms with van der Waals surface area (Å²) in [7, 11) is 0. The van der Waals surface area contributed by atoms with Crippen LogP contribution in [0.15, 0.2) is 30.3 Å². The lowest BCUT2D eigenvalue weighted by Crippen LogP contribution is -2.15. The first kappa shape index (κ1) is 14.5. The van der Waals surface area contributed by atoms with Crippen molar-refractivity contribution < 1.29 is 8.78 Å². The van der Waals surface area contributed by atoms with Gasteiger partial charge in [0.05, 0.1) is 11.1 Å². The third-order valence-electron chi connectivity index (χ3n) is 4.11. The number of benzene rings is 2. The van der Waals surface area contributed by atoms with Crippen LogP contribution in [0.25, 0.3) is 0 Å². The molecule has 110 valence electrons. The second-order valence-electron chi connectivity index (χ2n) is 5.50. The van der Waals surface area contributed by atoms with E-state index >= 15 is 0 Å². The smallest absolute Gasteiger partial charge is 0.142 e. The quantitative estimate of drug-likeness (QED) is 0.810. The Balaban J connectivity index is 1.98. The predicted molar refractivity (Wildman–Crippen MR) is 80.5 cm³/mol. The van der Waals surface area contributed by atoms with Crippen LogP contribution < -0.4 is 5.73 Å². The lowest BCUT2D eigenvalue weighted by atomic mass is 9.88. The Morgan fingerprint density at radius 2 is 1.67 bits per heavy atom. The average Bonchev–Trinajstić information content (AvgIpc) is 2.50. The van der Waals surface area contributed by atoms with Crippen molar-refractivity contribution in [1.82, 2.24) is 0 Å². The molecular formula is C17H16ClF2N. The summed E-state index contributed by atoms with van der Waals surface area (Å²) in [6.07, 6.45) is 4.47. The molecule has 1 unspecified atom stereocenters. The zero-order valence-electron chi connectivity index (χ0n) is 11.5. The van der Waals surface area contributed by atoms with Crippen molar-refractivity contribution in [3.8, 4) is 0 Å². The van der Waals surface area contributed by atoms with Gasteiger partial charge in [0.15, 0.2) is 0 Å². The van der Waals surface area contributed by atoms with Crippen LogP contribution in [0.5, 0.6) is 0 Å². The van der Waals surface area contributed by atoms with E-state index in [-0.39, 0.29) is 10.6 Å². The summed E-state index contributed by atoms with van der Waals surface area (Å²) in [5, 5.41) is -0.228. The van der Waals surface area contributed by atoms with Crippen molar-refractivity contribution in [3.05, 3.63) is 69.2 Å². The predicted octanol–water partition coefficient (Wildman–Crippen LogP) is 4.55. The molecule has 2 aromatic rings. The van der Waals surface area contributed by atoms with Crippen LogP contribution in [0.4, 0.5) is 8.78 Å². The maximum atomic E-state index is 14.0. The van der Waals surface area contributed by atoms with Crippen molar-refractivity contribution in [3.63, 3.8) is 0 Å². The van der Waals surface area contributed by atoms with E-state index in [1.54, 1.807) is 0 Å². The highest BCUT2D eigenvalue weighted by atomic mass is 35.5. The van der Waals surface area contributed by atoms with Crippen LogP contribution in [0.1, 0.15) is 41.1 Å². The zero-order valence-corrected chi connectivity index (χ0v) is 12.3. The number of hydrogen-bond donors (Lipinski definition) is 1. The molecule has 0 radical (unpaired) electrons. The average molecular weight is 308 g/mol. The van der Waals surface area contributed by atoms with Crippen LogP contribution >= 0.6 is 11.6 Å². The monoisotopic (exact) mass is 307 g/mol. The van der Waals surface area contributed by atoms with Gasteiger partial charge in [-0.05, 0) is 54.5 Å². The molecule has 2 aromatic carbocycles. The van der Waals surface area contributed by atoms with E-state index in [9.17, 15) is 8.78 Å². The van der Waals surface area contributed by atoms with Crippen LogP contribution in [-0.2, 0) is 12.8 Å². The van der Waals surface area contributed by atoms with E-state index in [4.69, 9.17) is 17.3 Å². The molecule has 1 atom stereocenters. The zero-order chi connectivity index (χ0) is 15.0. The SMILES string of the molecule is NC(c1ccc2c(c1)CCCC2)c1cc(F)c(Cl)cc1F. The van der Waals surface area contributed by atoms with E-state index < -0.39 is 17.7 Å². The molecule has 0 saturated heterocycles. The topological polar surface area (TPSA) is 26.0 Å². The third kappa shape index (κ3) is 2.81. The first-order valence-electron chi connectivity index (χ1n) is 7.08. The van der Waals surface area contributed by atoms with Gasteiger partial charge in [0.2, 0.25) is 0 Å². The van der Waals surface area contributed by atoms with Crippen molar-refractivity contribution in [2.24, 2.45) is 5.73 Å². The molecule has 0 spiro atoms. The molecule has 21 heavy (non-hydrogen) atoms. The molecule has 0 heterocycles. The molecule has 0 saturated carbocycles. The highest BCUT2D eigenvalue weighted by molar-refractivity contribution is 6.30. The van der Waals surface area contributed by atoms with E-state index in [1.807, 2.05) is 18.2 Å². The summed E-state index contributed by atoms with van der Waals surface area (Å²) in [5.74, 6) is -1.23. The Labute approximate surface area is 127 Å². The third-order valence-corrected chi connectivity index (χ3v) is 4.40. The lowest BCUT2D eigenvalue weighted by Gasteiger charge is -2.20. The van der Waals surface area contributed by atoms with Gasteiger partial charge in [0.1, 0.15) is 11.6 Å². The maximum Gasteiger partial charge on any atom is 0.142 e. The van der Waals surface area contributed by atoms with Gasteiger partial charge in [-0.2, -0.15) is 0 Å². The maximum absolute atomic E-state index is 14.0. The van der Waals surface area contributed by atoms with Crippen LogP contribution in [-0.4, -0.2) is 0 Å². The second kappa shape index (κ2) is 5.74. The molecular weight excluding hydrogens is 292 g/mol. The minimum absolute atomic E-state index is 0.132. The minimum atomic E-state index is -0.691. The fraction of sp³-hybridized carbons (Fsp3) is 0.294. The Kier molecular flexibility index (Phi) is 3.96. The van der Waals surface area contributed by atoms with Gasteiger partial charge in [0.25, 0.3) is 0 Å². The van der Waals surface area contributed by atoms with E-state index in [1.165, 1.54) is 17.5 Å². The van der Waals surface area contributed by atoms with Gasteiger partial charge >= 0.3 is 0 Å². The Morgan fingerprint density at radius 3 is 2.43 bits per heavy atom. The van der Waals surface area contributed by atoms with Crippen molar-refractivity contribution in [2.75, 3.05) is 0 Å². The first-order chi connectivity index (χ1) is 10.1. The fourth-order valence-electron chi connectivity index (χ4n) is 2.90. The fourth-order valence-corrected chi connectivity index (χ4v) is 3.05. The normalized spacial score (nSPS) is 15.6. The summed E-state index contributed by atoms with van der Waals surface area (Å²) in [6, 6.07) is 7.34. The van der Waals surface area contributed by atoms with Gasteiger partial charge in [-0.3, -0.25) is 0 Å². The number of fused-ring (bicyclic) bond motifs is 1. The molecule has 2 N–H and O–H groups in total. The summed E-state index contributed by atoms with van der Waals surface area (Å²) in [5.41, 5.74) is 9.65. The van der Waals surface area contributed by atoms with Gasteiger partial charge in [-0.1, -0.05) is 29.8 Å². The van der Waals surface area contributed by atoms with Crippen LogP contribution in [0.3, 0.4) is 0 Å². The number of aryl methyl sites for hydroxylation is 2. The number of hydrogen-bond acceptors (Lipinski definition) is 1. The largest absolute Gasteiger partial charge is 0.320 e. The number of nitrogens with two attached hydrogens (primary N) is 1. The minimum Gasteiger partial charge on any atom is -0.320 e. The van der Waals surface area contributed by atoms with E-state index in [2.05, 4.69) is 0 Å². The summed E-state index contributed by atoms with van der Waals surface area (Å²) < 4.78 is 27.5. The molecule has 1 nitrogen and oxygen atoms in total.